The Kier molecular flexibility index (Phi) is 3.61. The number of benzene rings is 1. The molecule has 1 amide bonds. The number of amides is 1. The van der Waals surface area contributed by atoms with Crippen molar-refractivity contribution < 1.29 is 18.3 Å². The lowest BCUT2D eigenvalue weighted by atomic mass is 10.1. The number of rotatable bonds is 1. The van der Waals surface area contributed by atoms with Crippen LogP contribution in [0.3, 0.4) is 0 Å². The summed E-state index contributed by atoms with van der Waals surface area (Å²) in [6, 6.07) is 2.76. The summed E-state index contributed by atoms with van der Waals surface area (Å²) >= 11 is 0. The lowest BCUT2D eigenvalue weighted by Crippen LogP contribution is -2.50. The molecular weight excluding hydrogens is 240 g/mol. The molecule has 2 atom stereocenters. The highest BCUT2D eigenvalue weighted by Crippen LogP contribution is 2.18. The van der Waals surface area contributed by atoms with Gasteiger partial charge in [0.1, 0.15) is 11.6 Å². The summed E-state index contributed by atoms with van der Waals surface area (Å²) in [5, 5.41) is 0. The highest BCUT2D eigenvalue weighted by atomic mass is 19.1. The summed E-state index contributed by atoms with van der Waals surface area (Å²) < 4.78 is 32.0. The summed E-state index contributed by atoms with van der Waals surface area (Å²) in [6.45, 7) is 4.45. The van der Waals surface area contributed by atoms with Gasteiger partial charge in [0.05, 0.1) is 24.3 Å². The first-order valence-electron chi connectivity index (χ1n) is 5.86. The first kappa shape index (κ1) is 13.0. The molecule has 1 aromatic rings. The number of hydrogen-bond donors (Lipinski definition) is 0. The molecule has 18 heavy (non-hydrogen) atoms. The molecule has 98 valence electrons. The Morgan fingerprint density at radius 1 is 1.39 bits per heavy atom. The van der Waals surface area contributed by atoms with E-state index in [1.54, 1.807) is 0 Å². The van der Waals surface area contributed by atoms with Crippen molar-refractivity contribution in [3.8, 4) is 0 Å². The van der Waals surface area contributed by atoms with E-state index in [-0.39, 0.29) is 17.7 Å². The molecule has 0 saturated carbocycles. The van der Waals surface area contributed by atoms with Crippen molar-refractivity contribution in [3.05, 3.63) is 35.4 Å². The van der Waals surface area contributed by atoms with Gasteiger partial charge in [-0.2, -0.15) is 0 Å². The lowest BCUT2D eigenvalue weighted by molar-refractivity contribution is -0.0388. The topological polar surface area (TPSA) is 29.5 Å². The van der Waals surface area contributed by atoms with Crippen LogP contribution in [-0.4, -0.2) is 36.1 Å². The van der Waals surface area contributed by atoms with Crippen molar-refractivity contribution in [2.24, 2.45) is 0 Å². The fraction of sp³-hybridized carbons (Fsp3) is 0.462. The van der Waals surface area contributed by atoms with E-state index in [1.807, 2.05) is 13.8 Å². The summed E-state index contributed by atoms with van der Waals surface area (Å²) in [6.07, 6.45) is -0.0956. The molecule has 0 N–H and O–H groups in total. The number of halogens is 2. The Morgan fingerprint density at radius 2 is 2.11 bits per heavy atom. The molecule has 0 radical (unpaired) electrons. The quantitative estimate of drug-likeness (QED) is 0.770. The molecule has 1 aliphatic heterocycles. The Labute approximate surface area is 104 Å². The Hall–Kier alpha value is -1.49. The highest BCUT2D eigenvalue weighted by Gasteiger charge is 2.29. The average Bonchev–Trinajstić information content (AvgIpc) is 2.34. The summed E-state index contributed by atoms with van der Waals surface area (Å²) in [4.78, 5) is 13.7. The van der Waals surface area contributed by atoms with Crippen molar-refractivity contribution in [1.82, 2.24) is 4.90 Å². The van der Waals surface area contributed by atoms with E-state index < -0.39 is 17.5 Å². The molecule has 1 saturated heterocycles. The normalized spacial score (nSPS) is 24.1. The van der Waals surface area contributed by atoms with E-state index in [9.17, 15) is 13.6 Å². The second kappa shape index (κ2) is 5.02. The molecule has 5 heteroatoms. The zero-order valence-corrected chi connectivity index (χ0v) is 10.3. The van der Waals surface area contributed by atoms with Crippen LogP contribution in [0, 0.1) is 11.6 Å². The largest absolute Gasteiger partial charge is 0.375 e. The van der Waals surface area contributed by atoms with Crippen LogP contribution in [0.2, 0.25) is 0 Å². The molecule has 0 bridgehead atoms. The smallest absolute Gasteiger partial charge is 0.257 e. The first-order chi connectivity index (χ1) is 8.49. The van der Waals surface area contributed by atoms with Crippen molar-refractivity contribution in [3.63, 3.8) is 0 Å². The molecule has 0 aromatic heterocycles. The Bertz CT molecular complexity index is 464. The summed E-state index contributed by atoms with van der Waals surface area (Å²) in [5.74, 6) is -1.81. The Morgan fingerprint density at radius 3 is 2.83 bits per heavy atom. The lowest BCUT2D eigenvalue weighted by Gasteiger charge is -2.36. The second-order valence-electron chi connectivity index (χ2n) is 4.57. The minimum atomic E-state index is -0.701. The zero-order valence-electron chi connectivity index (χ0n) is 10.3. The van der Waals surface area contributed by atoms with Gasteiger partial charge in [0.2, 0.25) is 0 Å². The molecule has 2 rings (SSSR count). The van der Waals surface area contributed by atoms with Gasteiger partial charge in [0.15, 0.2) is 0 Å². The molecule has 1 aliphatic rings. The van der Waals surface area contributed by atoms with E-state index >= 15 is 0 Å². The van der Waals surface area contributed by atoms with Crippen LogP contribution in [0.5, 0.6) is 0 Å². The third kappa shape index (κ3) is 2.51. The van der Waals surface area contributed by atoms with Crippen LogP contribution in [0.1, 0.15) is 24.2 Å². The molecule has 1 fully saturated rings. The number of carbonyl (C=O) groups excluding carboxylic acids is 1. The van der Waals surface area contributed by atoms with E-state index in [4.69, 9.17) is 4.74 Å². The van der Waals surface area contributed by atoms with Gasteiger partial charge >= 0.3 is 0 Å². The maximum Gasteiger partial charge on any atom is 0.257 e. The van der Waals surface area contributed by atoms with Crippen molar-refractivity contribution in [2.45, 2.75) is 26.0 Å². The standard InChI is InChI=1S/C13H15F2NO2/c1-8-7-18-9(2)6-16(8)13(17)11-5-10(14)3-4-12(11)15/h3-5,8-9H,6-7H2,1-2H3. The number of ether oxygens (including phenoxy) is 1. The van der Waals surface area contributed by atoms with Crippen LogP contribution in [0.4, 0.5) is 8.78 Å². The number of hydrogen-bond acceptors (Lipinski definition) is 2. The predicted molar refractivity (Wildman–Crippen MR) is 62.3 cm³/mol. The number of nitrogens with zero attached hydrogens (tertiary/aromatic N) is 1. The molecule has 0 spiro atoms. The third-order valence-corrected chi connectivity index (χ3v) is 3.03. The zero-order chi connectivity index (χ0) is 13.3. The van der Waals surface area contributed by atoms with Crippen molar-refractivity contribution in [2.75, 3.05) is 13.2 Å². The fourth-order valence-corrected chi connectivity index (χ4v) is 2.00. The maximum atomic E-state index is 13.6. The van der Waals surface area contributed by atoms with Gasteiger partial charge in [0.25, 0.3) is 5.91 Å². The molecule has 0 aliphatic carbocycles. The van der Waals surface area contributed by atoms with Crippen LogP contribution in [0.15, 0.2) is 18.2 Å². The van der Waals surface area contributed by atoms with Gasteiger partial charge in [-0.05, 0) is 32.0 Å². The third-order valence-electron chi connectivity index (χ3n) is 3.03. The maximum absolute atomic E-state index is 13.6. The first-order valence-corrected chi connectivity index (χ1v) is 5.86. The van der Waals surface area contributed by atoms with Gasteiger partial charge in [0, 0.05) is 6.54 Å². The monoisotopic (exact) mass is 255 g/mol. The average molecular weight is 255 g/mol. The highest BCUT2D eigenvalue weighted by molar-refractivity contribution is 5.94. The minimum absolute atomic E-state index is 0.0956. The van der Waals surface area contributed by atoms with Gasteiger partial charge in [-0.15, -0.1) is 0 Å². The van der Waals surface area contributed by atoms with E-state index in [0.29, 0.717) is 13.2 Å². The number of carbonyl (C=O) groups is 1. The molecular formula is C13H15F2NO2. The SMILES string of the molecule is CC1CN(C(=O)c2cc(F)ccc2F)C(C)CO1. The van der Waals surface area contributed by atoms with Gasteiger partial charge in [-0.3, -0.25) is 4.79 Å². The summed E-state index contributed by atoms with van der Waals surface area (Å²) in [5.41, 5.74) is -0.226. The van der Waals surface area contributed by atoms with Crippen LogP contribution in [-0.2, 0) is 4.74 Å². The molecule has 1 heterocycles. The van der Waals surface area contributed by atoms with Gasteiger partial charge < -0.3 is 9.64 Å². The van der Waals surface area contributed by atoms with Crippen LogP contribution >= 0.6 is 0 Å². The Balaban J connectivity index is 2.27. The summed E-state index contributed by atoms with van der Waals surface area (Å²) in [7, 11) is 0. The van der Waals surface area contributed by atoms with Crippen LogP contribution < -0.4 is 0 Å². The second-order valence-corrected chi connectivity index (χ2v) is 4.57. The van der Waals surface area contributed by atoms with Crippen molar-refractivity contribution >= 4 is 5.91 Å². The van der Waals surface area contributed by atoms with E-state index in [1.165, 1.54) is 4.90 Å². The van der Waals surface area contributed by atoms with Gasteiger partial charge in [-0.1, -0.05) is 0 Å². The fourth-order valence-electron chi connectivity index (χ4n) is 2.00. The minimum Gasteiger partial charge on any atom is -0.375 e. The molecule has 2 unspecified atom stereocenters. The van der Waals surface area contributed by atoms with Crippen molar-refractivity contribution in [1.29, 1.82) is 0 Å². The van der Waals surface area contributed by atoms with E-state index in [0.717, 1.165) is 18.2 Å². The van der Waals surface area contributed by atoms with E-state index in [2.05, 4.69) is 0 Å². The van der Waals surface area contributed by atoms with Gasteiger partial charge in [-0.25, -0.2) is 8.78 Å². The molecule has 1 aromatic carbocycles. The number of morpholine rings is 1. The van der Waals surface area contributed by atoms with Crippen LogP contribution in [0.25, 0.3) is 0 Å². The molecule has 3 nitrogen and oxygen atoms in total. The predicted octanol–water partition coefficient (Wildman–Crippen LogP) is 2.21.